The van der Waals surface area contributed by atoms with Gasteiger partial charge in [0.05, 0.1) is 6.61 Å². The molecule has 1 fully saturated rings. The lowest BCUT2D eigenvalue weighted by molar-refractivity contribution is -0.220. The smallest absolute Gasteiger partial charge is 0.462 e. The fourth-order valence-electron chi connectivity index (χ4n) is 6.19. The fourth-order valence-corrected chi connectivity index (χ4v) is 7.17. The average molecular weight is 819 g/mol. The zero-order valence-corrected chi connectivity index (χ0v) is 35.1. The lowest BCUT2D eigenvalue weighted by Crippen LogP contribution is -2.64. The van der Waals surface area contributed by atoms with Crippen molar-refractivity contribution in [2.45, 2.75) is 204 Å². The average Bonchev–Trinajstić information content (AvgIpc) is 3.18. The molecule has 0 spiro atoms. The minimum Gasteiger partial charge on any atom is -0.462 e. The van der Waals surface area contributed by atoms with Crippen LogP contribution in [0.1, 0.15) is 162 Å². The van der Waals surface area contributed by atoms with Crippen molar-refractivity contribution in [1.29, 1.82) is 0 Å². The summed E-state index contributed by atoms with van der Waals surface area (Å²) < 4.78 is 33.4. The van der Waals surface area contributed by atoms with Crippen LogP contribution in [-0.2, 0) is 32.7 Å². The van der Waals surface area contributed by atoms with Gasteiger partial charge in [-0.15, -0.1) is 0 Å². The third-order valence-electron chi connectivity index (χ3n) is 9.70. The summed E-state index contributed by atoms with van der Waals surface area (Å²) >= 11 is 0. The van der Waals surface area contributed by atoms with Crippen molar-refractivity contribution in [3.63, 3.8) is 0 Å². The molecule has 0 bridgehead atoms. The maximum atomic E-state index is 12.8. The van der Waals surface area contributed by atoms with E-state index in [2.05, 4.69) is 50.3 Å². The molecule has 326 valence electrons. The summed E-state index contributed by atoms with van der Waals surface area (Å²) in [5.74, 6) is -1.13. The predicted octanol–water partition coefficient (Wildman–Crippen LogP) is 7.44. The van der Waals surface area contributed by atoms with Gasteiger partial charge in [0.15, 0.2) is 6.10 Å². The van der Waals surface area contributed by atoms with E-state index in [-0.39, 0.29) is 12.8 Å². The number of unbranched alkanes of at least 4 members (excludes halogenated alkanes) is 16. The SMILES string of the molecule is CCCCC/C=C\C/C=C\CCCCCCCC(=O)OC[C@H](COP(=O)(O)OC1C(O)C(O)C(O)[C@@H](O)C1O)OC(=O)CCCCCCC/C=C\CCCCC. The van der Waals surface area contributed by atoms with Crippen LogP contribution in [0.25, 0.3) is 0 Å². The van der Waals surface area contributed by atoms with Gasteiger partial charge in [-0.3, -0.25) is 18.6 Å². The second-order valence-electron chi connectivity index (χ2n) is 14.8. The number of hydrogen-bond donors (Lipinski definition) is 6. The van der Waals surface area contributed by atoms with Gasteiger partial charge in [-0.05, 0) is 70.6 Å². The zero-order chi connectivity index (χ0) is 41.4. The predicted molar refractivity (Wildman–Crippen MR) is 216 cm³/mol. The molecule has 0 aromatic heterocycles. The number of carbonyl (C=O) groups is 2. The third kappa shape index (κ3) is 25.4. The van der Waals surface area contributed by atoms with E-state index < -0.39 is 75.7 Å². The van der Waals surface area contributed by atoms with Crippen molar-refractivity contribution < 1.29 is 63.1 Å². The summed E-state index contributed by atoms with van der Waals surface area (Å²) in [6.45, 7) is 3.20. The van der Waals surface area contributed by atoms with Crippen molar-refractivity contribution in [2.75, 3.05) is 13.2 Å². The number of esters is 2. The number of rotatable bonds is 34. The molecular weight excluding hydrogens is 743 g/mol. The molecule has 13 nitrogen and oxygen atoms in total. The molecular formula is C42H75O13P. The van der Waals surface area contributed by atoms with Crippen LogP contribution in [0.15, 0.2) is 36.5 Å². The van der Waals surface area contributed by atoms with E-state index >= 15 is 0 Å². The van der Waals surface area contributed by atoms with Crippen LogP contribution in [0.2, 0.25) is 0 Å². The number of aliphatic hydroxyl groups is 5. The Labute approximate surface area is 336 Å². The molecule has 1 rings (SSSR count). The maximum absolute atomic E-state index is 12.8. The molecule has 14 heteroatoms. The Hall–Kier alpha value is -1.93. The number of allylic oxidation sites excluding steroid dienone is 6. The summed E-state index contributed by atoms with van der Waals surface area (Å²) in [4.78, 5) is 35.5. The molecule has 1 aliphatic rings. The van der Waals surface area contributed by atoms with Crippen LogP contribution in [0.4, 0.5) is 0 Å². The van der Waals surface area contributed by atoms with Gasteiger partial charge >= 0.3 is 19.8 Å². The van der Waals surface area contributed by atoms with Gasteiger partial charge in [0, 0.05) is 12.8 Å². The molecule has 8 atom stereocenters. The molecule has 56 heavy (non-hydrogen) atoms. The Morgan fingerprint density at radius 3 is 1.46 bits per heavy atom. The normalized spacial score (nSPS) is 23.2. The summed E-state index contributed by atoms with van der Waals surface area (Å²) in [5.41, 5.74) is 0. The fraction of sp³-hybridized carbons (Fsp3) is 0.810. The topological polar surface area (TPSA) is 210 Å². The highest BCUT2D eigenvalue weighted by Crippen LogP contribution is 2.47. The first kappa shape index (κ1) is 52.1. The van der Waals surface area contributed by atoms with Crippen LogP contribution in [-0.4, -0.2) is 98.3 Å². The number of aliphatic hydroxyl groups excluding tert-OH is 5. The number of phosphoric ester groups is 1. The molecule has 0 saturated heterocycles. The van der Waals surface area contributed by atoms with Gasteiger partial charge in [-0.25, -0.2) is 4.57 Å². The maximum Gasteiger partial charge on any atom is 0.472 e. The highest BCUT2D eigenvalue weighted by molar-refractivity contribution is 7.47. The summed E-state index contributed by atoms with van der Waals surface area (Å²) in [5, 5.41) is 50.0. The van der Waals surface area contributed by atoms with Gasteiger partial charge < -0.3 is 39.9 Å². The summed E-state index contributed by atoms with van der Waals surface area (Å²) in [6, 6.07) is 0. The molecule has 0 aliphatic heterocycles. The van der Waals surface area contributed by atoms with E-state index in [1.165, 1.54) is 38.5 Å². The molecule has 0 amide bonds. The molecule has 0 aromatic carbocycles. The van der Waals surface area contributed by atoms with Gasteiger partial charge in [-0.2, -0.15) is 0 Å². The van der Waals surface area contributed by atoms with E-state index in [9.17, 15) is 44.6 Å². The summed E-state index contributed by atoms with van der Waals surface area (Å²) in [7, 11) is -5.12. The number of phosphoric acid groups is 1. The first-order valence-electron chi connectivity index (χ1n) is 21.3. The van der Waals surface area contributed by atoms with Crippen molar-refractivity contribution >= 4 is 19.8 Å². The Bertz CT molecular complexity index is 1130. The molecule has 1 aliphatic carbocycles. The number of hydrogen-bond acceptors (Lipinski definition) is 12. The van der Waals surface area contributed by atoms with Gasteiger partial charge in [0.25, 0.3) is 0 Å². The molecule has 6 N–H and O–H groups in total. The Morgan fingerprint density at radius 1 is 0.554 bits per heavy atom. The van der Waals surface area contributed by atoms with Crippen molar-refractivity contribution in [3.05, 3.63) is 36.5 Å². The minimum atomic E-state index is -5.12. The van der Waals surface area contributed by atoms with Crippen LogP contribution in [0.5, 0.6) is 0 Å². The number of carbonyl (C=O) groups excluding carboxylic acids is 2. The van der Waals surface area contributed by atoms with Crippen LogP contribution in [0, 0.1) is 0 Å². The quantitative estimate of drug-likeness (QED) is 0.0162. The highest BCUT2D eigenvalue weighted by Gasteiger charge is 2.51. The molecule has 6 unspecified atom stereocenters. The second kappa shape index (κ2) is 33.0. The van der Waals surface area contributed by atoms with Crippen molar-refractivity contribution in [3.8, 4) is 0 Å². The Balaban J connectivity index is 2.51. The molecule has 0 aromatic rings. The van der Waals surface area contributed by atoms with Gasteiger partial charge in [0.1, 0.15) is 43.2 Å². The van der Waals surface area contributed by atoms with Crippen LogP contribution in [0.3, 0.4) is 0 Å². The molecule has 1 saturated carbocycles. The largest absolute Gasteiger partial charge is 0.472 e. The standard InChI is InChI=1S/C42H75O13P/c1-3-5-7-9-11-13-15-17-18-19-21-22-24-26-28-30-35(43)52-32-34(54-36(44)31-29-27-25-23-20-16-14-12-10-8-6-4-2)33-53-56(50,51)55-42-40(48)38(46)37(45)39(47)41(42)49/h11-14,17-18,34,37-42,45-49H,3-10,15-16,19-33H2,1-2H3,(H,50,51)/b13-11-,14-12-,18-17-/t34-,37?,38-,39?,40?,41?,42?/m1/s1. The van der Waals surface area contributed by atoms with E-state index in [4.69, 9.17) is 18.5 Å². The minimum absolute atomic E-state index is 0.0829. The van der Waals surface area contributed by atoms with Crippen molar-refractivity contribution in [1.82, 2.24) is 0 Å². The molecule has 0 radical (unpaired) electrons. The van der Waals surface area contributed by atoms with Crippen LogP contribution < -0.4 is 0 Å². The van der Waals surface area contributed by atoms with E-state index in [1.54, 1.807) is 0 Å². The highest BCUT2D eigenvalue weighted by atomic mass is 31.2. The van der Waals surface area contributed by atoms with Crippen molar-refractivity contribution in [2.24, 2.45) is 0 Å². The lowest BCUT2D eigenvalue weighted by atomic mass is 9.85. The first-order chi connectivity index (χ1) is 26.9. The Morgan fingerprint density at radius 2 is 0.964 bits per heavy atom. The lowest BCUT2D eigenvalue weighted by Gasteiger charge is -2.41. The van der Waals surface area contributed by atoms with E-state index in [0.29, 0.717) is 12.8 Å². The van der Waals surface area contributed by atoms with Gasteiger partial charge in [-0.1, -0.05) is 115 Å². The van der Waals surface area contributed by atoms with Crippen LogP contribution >= 0.6 is 7.82 Å². The first-order valence-corrected chi connectivity index (χ1v) is 22.8. The number of ether oxygens (including phenoxy) is 2. The summed E-state index contributed by atoms with van der Waals surface area (Å²) in [6.07, 6.45) is 22.1. The van der Waals surface area contributed by atoms with Gasteiger partial charge in [0.2, 0.25) is 0 Å². The third-order valence-corrected chi connectivity index (χ3v) is 10.7. The van der Waals surface area contributed by atoms with E-state index in [1.807, 2.05) is 0 Å². The monoisotopic (exact) mass is 818 g/mol. The second-order valence-corrected chi connectivity index (χ2v) is 16.2. The zero-order valence-electron chi connectivity index (χ0n) is 34.2. The Kier molecular flexibility index (Phi) is 30.7. The van der Waals surface area contributed by atoms with E-state index in [0.717, 1.165) is 83.5 Å². The molecule has 0 heterocycles.